The largest absolute Gasteiger partial charge is 0.411 e. The highest BCUT2D eigenvalue weighted by atomic mass is 16.4. The normalized spacial score (nSPS) is 27.6. The van der Waals surface area contributed by atoms with E-state index in [1.165, 1.54) is 5.56 Å². The maximum atomic E-state index is 9.65. The molecule has 1 aliphatic carbocycles. The molecule has 0 amide bonds. The van der Waals surface area contributed by atoms with Crippen LogP contribution in [0.3, 0.4) is 0 Å². The zero-order valence-electron chi connectivity index (χ0n) is 16.3. The smallest absolute Gasteiger partial charge is 0.0745 e. The molecule has 146 valence electrons. The van der Waals surface area contributed by atoms with E-state index in [0.717, 1.165) is 77.0 Å². The van der Waals surface area contributed by atoms with Gasteiger partial charge in [0.2, 0.25) is 0 Å². The predicted octanol–water partition coefficient (Wildman–Crippen LogP) is 4.47. The third-order valence-corrected chi connectivity index (χ3v) is 5.62. The van der Waals surface area contributed by atoms with Gasteiger partial charge in [-0.1, -0.05) is 59.8 Å². The van der Waals surface area contributed by atoms with Crippen molar-refractivity contribution in [3.05, 3.63) is 60.2 Å². The van der Waals surface area contributed by atoms with Gasteiger partial charge < -0.3 is 5.21 Å². The van der Waals surface area contributed by atoms with Crippen LogP contribution in [0.4, 0.5) is 0 Å². The van der Waals surface area contributed by atoms with Crippen LogP contribution in [0.5, 0.6) is 0 Å². The number of allylic oxidation sites excluding steroid dienone is 4. The Kier molecular flexibility index (Phi) is 8.12. The average molecular weight is 368 g/mol. The molecule has 4 heteroatoms. The van der Waals surface area contributed by atoms with E-state index in [1.54, 1.807) is 0 Å². The third kappa shape index (κ3) is 6.33. The van der Waals surface area contributed by atoms with Crippen LogP contribution in [0.15, 0.2) is 59.8 Å². The van der Waals surface area contributed by atoms with Crippen LogP contribution in [-0.2, 0) is 6.54 Å². The number of hydrogen-bond donors (Lipinski definition) is 1. The summed E-state index contributed by atoms with van der Waals surface area (Å²) in [5, 5.41) is 13.4. The van der Waals surface area contributed by atoms with Gasteiger partial charge in [0, 0.05) is 32.7 Å². The highest BCUT2D eigenvalue weighted by Gasteiger charge is 2.27. The van der Waals surface area contributed by atoms with Crippen LogP contribution in [0.25, 0.3) is 0 Å². The first-order chi connectivity index (χ1) is 13.4. The van der Waals surface area contributed by atoms with E-state index in [-0.39, 0.29) is 6.04 Å². The van der Waals surface area contributed by atoms with Gasteiger partial charge in [-0.15, -0.1) is 0 Å². The van der Waals surface area contributed by atoms with Crippen molar-refractivity contribution in [2.24, 2.45) is 5.16 Å². The topological polar surface area (TPSA) is 39.1 Å². The molecular formula is C23H33N3O. The first kappa shape index (κ1) is 19.8. The van der Waals surface area contributed by atoms with Crippen LogP contribution in [0.1, 0.15) is 44.1 Å². The summed E-state index contributed by atoms with van der Waals surface area (Å²) in [6.07, 6.45) is 15.2. The van der Waals surface area contributed by atoms with Gasteiger partial charge >= 0.3 is 0 Å². The summed E-state index contributed by atoms with van der Waals surface area (Å²) in [4.78, 5) is 5.06. The quantitative estimate of drug-likeness (QED) is 0.487. The standard InChI is InChI=1S/C23H33N3O/c27-24-22-14-10-5-3-1-2-4-6-11-15-23(22)26-18-16-25(17-19-26)20-21-12-8-7-9-13-21/h3-9,12-13,23,27H,1-2,10-11,14-20H2/b5-3+,6-4+,24-22+/t23-/m0/s1. The zero-order valence-corrected chi connectivity index (χ0v) is 16.3. The number of piperazine rings is 1. The van der Waals surface area contributed by atoms with Crippen molar-refractivity contribution in [1.82, 2.24) is 9.80 Å². The summed E-state index contributed by atoms with van der Waals surface area (Å²) in [7, 11) is 0. The van der Waals surface area contributed by atoms with Gasteiger partial charge in [0.05, 0.1) is 11.8 Å². The number of oxime groups is 1. The molecule has 1 atom stereocenters. The molecule has 3 rings (SSSR count). The van der Waals surface area contributed by atoms with E-state index < -0.39 is 0 Å². The van der Waals surface area contributed by atoms with E-state index in [0.29, 0.717) is 0 Å². The number of rotatable bonds is 3. The van der Waals surface area contributed by atoms with Gasteiger partial charge in [-0.3, -0.25) is 9.80 Å². The van der Waals surface area contributed by atoms with Gasteiger partial charge in [-0.2, -0.15) is 0 Å². The molecule has 1 fully saturated rings. The third-order valence-electron chi connectivity index (χ3n) is 5.62. The number of nitrogens with zero attached hydrogens (tertiary/aromatic N) is 3. The lowest BCUT2D eigenvalue weighted by Gasteiger charge is -2.39. The lowest BCUT2D eigenvalue weighted by Crippen LogP contribution is -2.52. The summed E-state index contributed by atoms with van der Waals surface area (Å²) in [5.41, 5.74) is 2.33. The molecule has 1 aliphatic heterocycles. The molecule has 1 N–H and O–H groups in total. The van der Waals surface area contributed by atoms with Crippen molar-refractivity contribution in [2.75, 3.05) is 26.2 Å². The van der Waals surface area contributed by atoms with Crippen molar-refractivity contribution in [3.8, 4) is 0 Å². The minimum absolute atomic E-state index is 0.256. The molecular weight excluding hydrogens is 334 g/mol. The Morgan fingerprint density at radius 2 is 1.52 bits per heavy atom. The summed E-state index contributed by atoms with van der Waals surface area (Å²) < 4.78 is 0. The lowest BCUT2D eigenvalue weighted by molar-refractivity contribution is 0.108. The maximum absolute atomic E-state index is 9.65. The van der Waals surface area contributed by atoms with Crippen LogP contribution >= 0.6 is 0 Å². The van der Waals surface area contributed by atoms with Gasteiger partial charge in [0.25, 0.3) is 0 Å². The molecule has 0 radical (unpaired) electrons. The van der Waals surface area contributed by atoms with E-state index in [4.69, 9.17) is 0 Å². The summed E-state index contributed by atoms with van der Waals surface area (Å²) >= 11 is 0. The summed E-state index contributed by atoms with van der Waals surface area (Å²) in [6.45, 7) is 5.24. The van der Waals surface area contributed by atoms with Gasteiger partial charge in [-0.05, 0) is 44.1 Å². The molecule has 1 saturated heterocycles. The number of hydrogen-bond acceptors (Lipinski definition) is 4. The van der Waals surface area contributed by atoms with Gasteiger partial charge in [-0.25, -0.2) is 0 Å². The fourth-order valence-corrected chi connectivity index (χ4v) is 4.07. The minimum atomic E-state index is 0.256. The Labute approximate surface area is 163 Å². The van der Waals surface area contributed by atoms with Gasteiger partial charge in [0.1, 0.15) is 0 Å². The Morgan fingerprint density at radius 3 is 2.22 bits per heavy atom. The molecule has 1 aromatic carbocycles. The summed E-state index contributed by atoms with van der Waals surface area (Å²) in [5.74, 6) is 0. The van der Waals surface area contributed by atoms with Gasteiger partial charge in [0.15, 0.2) is 0 Å². The first-order valence-corrected chi connectivity index (χ1v) is 10.4. The fourth-order valence-electron chi connectivity index (χ4n) is 4.07. The van der Waals surface area contributed by atoms with Crippen molar-refractivity contribution in [3.63, 3.8) is 0 Å². The summed E-state index contributed by atoms with van der Waals surface area (Å²) in [6, 6.07) is 11.0. The van der Waals surface area contributed by atoms with Crippen LogP contribution < -0.4 is 0 Å². The second kappa shape index (κ2) is 11.1. The zero-order chi connectivity index (χ0) is 18.7. The van der Waals surface area contributed by atoms with Crippen molar-refractivity contribution in [1.29, 1.82) is 0 Å². The Hall–Kier alpha value is -1.91. The molecule has 0 saturated carbocycles. The molecule has 27 heavy (non-hydrogen) atoms. The van der Waals surface area contributed by atoms with Crippen molar-refractivity contribution in [2.45, 2.75) is 51.1 Å². The van der Waals surface area contributed by atoms with E-state index in [9.17, 15) is 5.21 Å². The molecule has 1 aromatic rings. The second-order valence-electron chi connectivity index (χ2n) is 7.54. The van der Waals surface area contributed by atoms with E-state index in [1.807, 2.05) is 0 Å². The van der Waals surface area contributed by atoms with Crippen LogP contribution in [-0.4, -0.2) is 52.9 Å². The van der Waals surface area contributed by atoms with Crippen LogP contribution in [0.2, 0.25) is 0 Å². The van der Waals surface area contributed by atoms with E-state index >= 15 is 0 Å². The average Bonchev–Trinajstić information content (AvgIpc) is 2.70. The van der Waals surface area contributed by atoms with Crippen LogP contribution in [0, 0.1) is 0 Å². The molecule has 1 heterocycles. The SMILES string of the molecule is O/N=C1\CC/C=C/CC/C=C/CC[C@@H]1N1CCN(Cc2ccccc2)CC1. The van der Waals surface area contributed by atoms with Crippen molar-refractivity contribution < 1.29 is 5.21 Å². The Balaban J connectivity index is 1.58. The molecule has 0 spiro atoms. The lowest BCUT2D eigenvalue weighted by atomic mass is 9.98. The predicted molar refractivity (Wildman–Crippen MR) is 112 cm³/mol. The molecule has 0 bridgehead atoms. The highest BCUT2D eigenvalue weighted by molar-refractivity contribution is 5.89. The molecule has 2 aliphatic rings. The highest BCUT2D eigenvalue weighted by Crippen LogP contribution is 2.18. The Bertz CT molecular complexity index is 630. The minimum Gasteiger partial charge on any atom is -0.411 e. The molecule has 4 nitrogen and oxygen atoms in total. The first-order valence-electron chi connectivity index (χ1n) is 10.4. The van der Waals surface area contributed by atoms with E-state index in [2.05, 4.69) is 69.6 Å². The second-order valence-corrected chi connectivity index (χ2v) is 7.54. The molecule has 0 unspecified atom stereocenters. The monoisotopic (exact) mass is 367 g/mol. The number of benzene rings is 1. The fraction of sp³-hybridized carbons (Fsp3) is 0.522. The Morgan fingerprint density at radius 1 is 0.852 bits per heavy atom. The van der Waals surface area contributed by atoms with Crippen molar-refractivity contribution >= 4 is 5.71 Å². The maximum Gasteiger partial charge on any atom is 0.0745 e. The molecule has 0 aromatic heterocycles.